The highest BCUT2D eigenvalue weighted by atomic mass is 16.5. The van der Waals surface area contributed by atoms with Gasteiger partial charge in [0, 0.05) is 18.9 Å². The Morgan fingerprint density at radius 3 is 2.46 bits per heavy atom. The van der Waals surface area contributed by atoms with Crippen molar-refractivity contribution in [1.29, 1.82) is 0 Å². The molecule has 0 saturated heterocycles. The van der Waals surface area contributed by atoms with E-state index < -0.39 is 0 Å². The Balaban J connectivity index is 2.87. The summed E-state index contributed by atoms with van der Waals surface area (Å²) in [5, 5.41) is 0. The van der Waals surface area contributed by atoms with Crippen LogP contribution < -0.4 is 10.5 Å². The lowest BCUT2D eigenvalue weighted by Gasteiger charge is -2.21. The molecule has 0 saturated carbocycles. The first kappa shape index (κ1) is 9.92. The Morgan fingerprint density at radius 2 is 1.92 bits per heavy atom. The van der Waals surface area contributed by atoms with Gasteiger partial charge in [-0.1, -0.05) is 0 Å². The van der Waals surface area contributed by atoms with Gasteiger partial charge in [0.1, 0.15) is 11.3 Å². The molecule has 13 heavy (non-hydrogen) atoms. The molecule has 1 heterocycles. The number of nitrogens with zero attached hydrogens (tertiary/aromatic N) is 2. The number of hydrogen-bond donors (Lipinski definition) is 1. The second-order valence-electron chi connectivity index (χ2n) is 3.73. The maximum absolute atomic E-state index is 5.57. The fraction of sp³-hybridized carbons (Fsp3) is 0.556. The molecule has 1 aromatic rings. The monoisotopic (exact) mass is 181 g/mol. The molecule has 0 aliphatic carbocycles. The van der Waals surface area contributed by atoms with E-state index >= 15 is 0 Å². The molecule has 4 nitrogen and oxygen atoms in total. The van der Waals surface area contributed by atoms with E-state index in [0.29, 0.717) is 18.1 Å². The van der Waals surface area contributed by atoms with Gasteiger partial charge in [0.2, 0.25) is 5.88 Å². The summed E-state index contributed by atoms with van der Waals surface area (Å²) in [5.74, 6) is 0.525. The zero-order valence-corrected chi connectivity index (χ0v) is 8.24. The minimum Gasteiger partial charge on any atom is -0.471 e. The SMILES string of the molecule is CC(C)(C)Oc1nccnc1CN. The van der Waals surface area contributed by atoms with Gasteiger partial charge in [0.15, 0.2) is 0 Å². The summed E-state index contributed by atoms with van der Waals surface area (Å²) in [6.45, 7) is 6.23. The molecule has 0 aromatic carbocycles. The highest BCUT2D eigenvalue weighted by Gasteiger charge is 2.15. The maximum Gasteiger partial charge on any atom is 0.237 e. The van der Waals surface area contributed by atoms with Crippen LogP contribution in [-0.4, -0.2) is 15.6 Å². The van der Waals surface area contributed by atoms with Gasteiger partial charge < -0.3 is 10.5 Å². The van der Waals surface area contributed by atoms with Crippen LogP contribution in [0.25, 0.3) is 0 Å². The molecular weight excluding hydrogens is 166 g/mol. The first-order valence-electron chi connectivity index (χ1n) is 4.22. The molecule has 0 bridgehead atoms. The molecule has 0 spiro atoms. The van der Waals surface area contributed by atoms with E-state index in [2.05, 4.69) is 9.97 Å². The third-order valence-electron chi connectivity index (χ3n) is 1.33. The highest BCUT2D eigenvalue weighted by molar-refractivity contribution is 5.17. The minimum atomic E-state index is -0.264. The minimum absolute atomic E-state index is 0.264. The van der Waals surface area contributed by atoms with E-state index in [1.54, 1.807) is 12.4 Å². The normalized spacial score (nSPS) is 11.4. The molecule has 0 amide bonds. The van der Waals surface area contributed by atoms with Gasteiger partial charge in [0.05, 0.1) is 0 Å². The molecule has 72 valence electrons. The van der Waals surface area contributed by atoms with Crippen LogP contribution in [0.5, 0.6) is 5.88 Å². The van der Waals surface area contributed by atoms with Crippen LogP contribution in [0.15, 0.2) is 12.4 Å². The van der Waals surface area contributed by atoms with Gasteiger partial charge in [-0.2, -0.15) is 0 Å². The highest BCUT2D eigenvalue weighted by Crippen LogP contribution is 2.17. The second-order valence-corrected chi connectivity index (χ2v) is 3.73. The van der Waals surface area contributed by atoms with Crippen molar-refractivity contribution in [1.82, 2.24) is 9.97 Å². The van der Waals surface area contributed by atoms with Crippen LogP contribution in [0.2, 0.25) is 0 Å². The van der Waals surface area contributed by atoms with Crippen LogP contribution >= 0.6 is 0 Å². The van der Waals surface area contributed by atoms with Crippen molar-refractivity contribution in [2.45, 2.75) is 32.9 Å². The van der Waals surface area contributed by atoms with Crippen molar-refractivity contribution in [2.24, 2.45) is 5.73 Å². The van der Waals surface area contributed by atoms with Gasteiger partial charge in [-0.05, 0) is 20.8 Å². The molecule has 0 atom stereocenters. The quantitative estimate of drug-likeness (QED) is 0.742. The molecule has 0 fully saturated rings. The standard InChI is InChI=1S/C9H15N3O/c1-9(2,3)13-8-7(6-10)11-4-5-12-8/h4-5H,6,10H2,1-3H3. The van der Waals surface area contributed by atoms with Crippen molar-refractivity contribution < 1.29 is 4.74 Å². The van der Waals surface area contributed by atoms with Crippen molar-refractivity contribution in [3.05, 3.63) is 18.1 Å². The topological polar surface area (TPSA) is 61.0 Å². The van der Waals surface area contributed by atoms with Crippen molar-refractivity contribution in [2.75, 3.05) is 0 Å². The Morgan fingerprint density at radius 1 is 1.31 bits per heavy atom. The zero-order chi connectivity index (χ0) is 9.90. The number of rotatable bonds is 2. The summed E-state index contributed by atoms with van der Waals surface area (Å²) in [6, 6.07) is 0. The van der Waals surface area contributed by atoms with E-state index in [1.807, 2.05) is 20.8 Å². The summed E-state index contributed by atoms with van der Waals surface area (Å²) in [5.41, 5.74) is 5.92. The molecule has 4 heteroatoms. The summed E-state index contributed by atoms with van der Waals surface area (Å²) in [7, 11) is 0. The average molecular weight is 181 g/mol. The summed E-state index contributed by atoms with van der Waals surface area (Å²) >= 11 is 0. The molecule has 0 aliphatic rings. The largest absolute Gasteiger partial charge is 0.471 e. The van der Waals surface area contributed by atoms with E-state index in [-0.39, 0.29) is 5.60 Å². The van der Waals surface area contributed by atoms with Crippen LogP contribution in [0.3, 0.4) is 0 Å². The lowest BCUT2D eigenvalue weighted by molar-refractivity contribution is 0.121. The van der Waals surface area contributed by atoms with Crippen LogP contribution in [0.1, 0.15) is 26.5 Å². The number of aromatic nitrogens is 2. The summed E-state index contributed by atoms with van der Waals surface area (Å²) < 4.78 is 5.57. The van der Waals surface area contributed by atoms with Crippen LogP contribution in [-0.2, 0) is 6.54 Å². The number of hydrogen-bond acceptors (Lipinski definition) is 4. The molecule has 0 aliphatic heterocycles. The third-order valence-corrected chi connectivity index (χ3v) is 1.33. The second kappa shape index (κ2) is 3.70. The zero-order valence-electron chi connectivity index (χ0n) is 8.24. The van der Waals surface area contributed by atoms with E-state index in [9.17, 15) is 0 Å². The van der Waals surface area contributed by atoms with E-state index in [0.717, 1.165) is 0 Å². The summed E-state index contributed by atoms with van der Waals surface area (Å²) in [4.78, 5) is 8.14. The average Bonchev–Trinajstić information content (AvgIpc) is 2.02. The van der Waals surface area contributed by atoms with Crippen molar-refractivity contribution >= 4 is 0 Å². The molecule has 2 N–H and O–H groups in total. The third kappa shape index (κ3) is 2.99. The van der Waals surface area contributed by atoms with Crippen molar-refractivity contribution in [3.63, 3.8) is 0 Å². The Labute approximate surface area is 78.1 Å². The smallest absolute Gasteiger partial charge is 0.237 e. The predicted octanol–water partition coefficient (Wildman–Crippen LogP) is 1.11. The van der Waals surface area contributed by atoms with Gasteiger partial charge in [-0.25, -0.2) is 4.98 Å². The first-order valence-corrected chi connectivity index (χ1v) is 4.22. The van der Waals surface area contributed by atoms with Crippen LogP contribution in [0.4, 0.5) is 0 Å². The fourth-order valence-corrected chi connectivity index (χ4v) is 0.869. The molecule has 0 radical (unpaired) electrons. The van der Waals surface area contributed by atoms with E-state index in [4.69, 9.17) is 10.5 Å². The Kier molecular flexibility index (Phi) is 2.83. The van der Waals surface area contributed by atoms with Crippen LogP contribution in [0, 0.1) is 0 Å². The molecular formula is C9H15N3O. The van der Waals surface area contributed by atoms with Gasteiger partial charge in [-0.3, -0.25) is 4.98 Å². The maximum atomic E-state index is 5.57. The predicted molar refractivity (Wildman–Crippen MR) is 50.3 cm³/mol. The molecule has 1 rings (SSSR count). The van der Waals surface area contributed by atoms with Gasteiger partial charge in [-0.15, -0.1) is 0 Å². The molecule has 1 aromatic heterocycles. The lowest BCUT2D eigenvalue weighted by Crippen LogP contribution is -2.24. The van der Waals surface area contributed by atoms with E-state index in [1.165, 1.54) is 0 Å². The number of ether oxygens (including phenoxy) is 1. The van der Waals surface area contributed by atoms with Gasteiger partial charge >= 0.3 is 0 Å². The first-order chi connectivity index (χ1) is 6.03. The number of nitrogens with two attached hydrogens (primary N) is 1. The van der Waals surface area contributed by atoms with Crippen molar-refractivity contribution in [3.8, 4) is 5.88 Å². The van der Waals surface area contributed by atoms with Gasteiger partial charge in [0.25, 0.3) is 0 Å². The lowest BCUT2D eigenvalue weighted by atomic mass is 10.2. The Hall–Kier alpha value is -1.16. The fourth-order valence-electron chi connectivity index (χ4n) is 0.869. The summed E-state index contributed by atoms with van der Waals surface area (Å²) in [6.07, 6.45) is 3.21. The Bertz CT molecular complexity index is 280. The molecule has 0 unspecified atom stereocenters.